The molecule has 260 valence electrons. The van der Waals surface area contributed by atoms with Crippen LogP contribution in [-0.2, 0) is 22.8 Å². The molecule has 0 spiro atoms. The Bertz CT molecular complexity index is 1950. The largest absolute Gasteiger partial charge is 0.147 e. The third-order valence-electron chi connectivity index (χ3n) is 11.9. The maximum Gasteiger partial charge on any atom is -0.147 e. The molecule has 2 aliphatic carbocycles. The molecule has 0 aromatic heterocycles. The predicted octanol–water partition coefficient (Wildman–Crippen LogP) is 13.7. The fourth-order valence-corrected chi connectivity index (χ4v) is 29.5. The third-order valence-corrected chi connectivity index (χ3v) is 29.5. The third kappa shape index (κ3) is 7.11. The molecule has 0 saturated heterocycles. The molecule has 0 aliphatic heterocycles. The molecule has 0 amide bonds. The molecule has 0 nitrogen and oxygen atoms in total. The van der Waals surface area contributed by atoms with Crippen LogP contribution in [0.5, 0.6) is 0 Å². The molecule has 0 radical (unpaired) electrons. The zero-order valence-electron chi connectivity index (χ0n) is 31.5. The minimum atomic E-state index is -3.69. The number of hydrogen-bond acceptors (Lipinski definition) is 0. The SMILES string of the molecule is CCC(C)C1=Cc2c(-c3ccc(C(C)(C)C)cc3)cccc2[CH]1[Zr]([CH3])([CH3])(=[SiH2])[CH]1C(C)=Cc2c(-c3ccc(C(C)CC)cc3)cccc21.Cl.Cl. The first kappa shape index (κ1) is 39.8. The second-order valence-electron chi connectivity index (χ2n) is 17.0. The summed E-state index contributed by atoms with van der Waals surface area (Å²) in [5.74, 6) is 1.15. The molecular formula is C45H58Cl2SiZr. The number of halogens is 2. The Balaban J connectivity index is 0.00000270. The summed E-state index contributed by atoms with van der Waals surface area (Å²) in [5.41, 5.74) is 17.8. The molecule has 0 N–H and O–H groups in total. The summed E-state index contributed by atoms with van der Waals surface area (Å²) in [6.45, 7) is 21.3. The van der Waals surface area contributed by atoms with Crippen LogP contribution >= 0.6 is 24.8 Å². The van der Waals surface area contributed by atoms with Gasteiger partial charge in [0.1, 0.15) is 0 Å². The molecule has 0 bridgehead atoms. The molecule has 4 aromatic rings. The van der Waals surface area contributed by atoms with Crippen LogP contribution in [0.25, 0.3) is 34.4 Å². The monoisotopic (exact) mass is 786 g/mol. The smallest absolute Gasteiger partial charge is 0.147 e. The van der Waals surface area contributed by atoms with Crippen LogP contribution in [0.4, 0.5) is 0 Å². The fourth-order valence-electron chi connectivity index (χ4n) is 9.00. The van der Waals surface area contributed by atoms with Crippen molar-refractivity contribution < 1.29 is 17.4 Å². The second-order valence-corrected chi connectivity index (χ2v) is 47.5. The molecule has 4 aromatic carbocycles. The van der Waals surface area contributed by atoms with Gasteiger partial charge < -0.3 is 0 Å². The molecule has 49 heavy (non-hydrogen) atoms. The van der Waals surface area contributed by atoms with E-state index in [0.717, 1.165) is 0 Å². The van der Waals surface area contributed by atoms with Crippen molar-refractivity contribution in [3.8, 4) is 22.3 Å². The predicted molar refractivity (Wildman–Crippen MR) is 222 cm³/mol. The molecule has 0 heterocycles. The number of rotatable bonds is 8. The normalized spacial score (nSPS) is 18.3. The average molecular weight is 789 g/mol. The van der Waals surface area contributed by atoms with Crippen molar-refractivity contribution >= 4 is 43.8 Å². The van der Waals surface area contributed by atoms with E-state index < -0.39 is 17.4 Å². The molecule has 4 heteroatoms. The van der Waals surface area contributed by atoms with Gasteiger partial charge in [-0.25, -0.2) is 0 Å². The van der Waals surface area contributed by atoms with Crippen molar-refractivity contribution in [2.45, 2.75) is 96.1 Å². The number of hydrogen-bond donors (Lipinski definition) is 0. The molecule has 6 rings (SSSR count). The van der Waals surface area contributed by atoms with E-state index in [1.165, 1.54) is 57.3 Å². The topological polar surface area (TPSA) is 0 Å². The first-order valence-corrected chi connectivity index (χ1v) is 31.8. The summed E-state index contributed by atoms with van der Waals surface area (Å²) in [5, 5.41) is 0. The van der Waals surface area contributed by atoms with Crippen LogP contribution in [0.15, 0.2) is 96.1 Å². The molecule has 4 unspecified atom stereocenters. The van der Waals surface area contributed by atoms with Gasteiger partial charge in [-0.2, -0.15) is 0 Å². The van der Waals surface area contributed by atoms with E-state index in [0.29, 0.717) is 19.1 Å². The van der Waals surface area contributed by atoms with Crippen molar-refractivity contribution in [1.82, 2.24) is 0 Å². The Morgan fingerprint density at radius 3 is 1.61 bits per heavy atom. The Kier molecular flexibility index (Phi) is 11.8. The van der Waals surface area contributed by atoms with Gasteiger partial charge in [0.15, 0.2) is 0 Å². The average Bonchev–Trinajstić information content (AvgIpc) is 3.62. The van der Waals surface area contributed by atoms with E-state index in [-0.39, 0.29) is 30.2 Å². The molecule has 0 fully saturated rings. The van der Waals surface area contributed by atoms with E-state index >= 15 is 0 Å². The van der Waals surface area contributed by atoms with Crippen LogP contribution < -0.4 is 0 Å². The van der Waals surface area contributed by atoms with Crippen molar-refractivity contribution in [2.24, 2.45) is 5.92 Å². The van der Waals surface area contributed by atoms with Crippen LogP contribution in [-0.4, -0.2) is 6.88 Å². The zero-order chi connectivity index (χ0) is 33.9. The summed E-state index contributed by atoms with van der Waals surface area (Å²) in [4.78, 5) is 0. The van der Waals surface area contributed by atoms with Gasteiger partial charge >= 0.3 is 290 Å². The van der Waals surface area contributed by atoms with Gasteiger partial charge in [0.05, 0.1) is 0 Å². The molecule has 4 atom stereocenters. The summed E-state index contributed by atoms with van der Waals surface area (Å²) in [6.07, 6.45) is 7.54. The Morgan fingerprint density at radius 2 is 1.12 bits per heavy atom. The molecule has 2 aliphatic rings. The number of allylic oxidation sites excluding steroid dienone is 2. The Morgan fingerprint density at radius 1 is 0.653 bits per heavy atom. The second kappa shape index (κ2) is 14.6. The van der Waals surface area contributed by atoms with Gasteiger partial charge in [-0.3, -0.25) is 0 Å². The van der Waals surface area contributed by atoms with Gasteiger partial charge in [0.25, 0.3) is 0 Å². The summed E-state index contributed by atoms with van der Waals surface area (Å²) in [7, 11) is 0. The van der Waals surface area contributed by atoms with E-state index in [9.17, 15) is 0 Å². The van der Waals surface area contributed by atoms with E-state index in [4.69, 9.17) is 0 Å². The van der Waals surface area contributed by atoms with Crippen molar-refractivity contribution in [2.75, 3.05) is 0 Å². The van der Waals surface area contributed by atoms with E-state index in [2.05, 4.69) is 169 Å². The van der Waals surface area contributed by atoms with Crippen molar-refractivity contribution in [3.05, 3.63) is 129 Å². The van der Waals surface area contributed by atoms with Gasteiger partial charge in [-0.1, -0.05) is 0 Å². The standard InChI is InChI=1S/C23H27.C20H21.2CH3.2ClH.H2Si.Zr/c1-6-16(2)19-14-18-8-7-9-21(22(18)15-19)17-10-12-20(13-11-17)23(3,4)5;1-4-15(3)16-8-10-17(11-9-16)19-7-5-6-18-12-14(2)13-20(18)19;;;;;;/h7-16H,6H2,1-5H3;5-13,15H,4H2,1-3H3;2*1H3;2*1H;1H2;. The minimum Gasteiger partial charge on any atom is -0.147 e. The summed E-state index contributed by atoms with van der Waals surface area (Å²) >= 11 is -3.69. The summed E-state index contributed by atoms with van der Waals surface area (Å²) in [6, 6.07) is 33.1. The maximum absolute atomic E-state index is 3.69. The minimum absolute atomic E-state index is 0. The van der Waals surface area contributed by atoms with Crippen LogP contribution in [0, 0.1) is 5.92 Å². The molecule has 0 saturated carbocycles. The van der Waals surface area contributed by atoms with Crippen LogP contribution in [0.1, 0.15) is 115 Å². The fraction of sp³-hybridized carbons (Fsp3) is 0.378. The van der Waals surface area contributed by atoms with E-state index in [1.54, 1.807) is 22.3 Å². The van der Waals surface area contributed by atoms with Gasteiger partial charge in [-0.15, -0.1) is 24.8 Å². The van der Waals surface area contributed by atoms with E-state index in [1.807, 2.05) is 0 Å². The Hall–Kier alpha value is -1.96. The van der Waals surface area contributed by atoms with Gasteiger partial charge in [0, 0.05) is 0 Å². The summed E-state index contributed by atoms with van der Waals surface area (Å²) < 4.78 is 6.60. The van der Waals surface area contributed by atoms with Crippen LogP contribution in [0.2, 0.25) is 9.26 Å². The van der Waals surface area contributed by atoms with Crippen molar-refractivity contribution in [1.29, 1.82) is 0 Å². The first-order chi connectivity index (χ1) is 22.1. The van der Waals surface area contributed by atoms with Gasteiger partial charge in [-0.05, 0) is 0 Å². The number of fused-ring (bicyclic) bond motifs is 2. The van der Waals surface area contributed by atoms with Gasteiger partial charge in [0.2, 0.25) is 0 Å². The first-order valence-electron chi connectivity index (χ1n) is 18.1. The van der Waals surface area contributed by atoms with Crippen LogP contribution in [0.3, 0.4) is 0 Å². The van der Waals surface area contributed by atoms with Crippen molar-refractivity contribution in [3.63, 3.8) is 0 Å². The zero-order valence-corrected chi connectivity index (χ0v) is 37.0. The number of benzene rings is 4. The maximum atomic E-state index is 2.78. The molecular weight excluding hydrogens is 731 g/mol. The Labute approximate surface area is 312 Å². The quantitative estimate of drug-likeness (QED) is 0.156.